The Hall–Kier alpha value is 0.01000. The molecule has 0 N–H and O–H groups in total. The SMILES string of the molecule is ClCc1nc(C(Cl)Cl)no1. The average Bonchev–Trinajstić information content (AvgIpc) is 2.34. The van der Waals surface area contributed by atoms with Crippen LogP contribution < -0.4 is 0 Å². The Balaban J connectivity index is 2.78. The van der Waals surface area contributed by atoms with Crippen molar-refractivity contribution in [3.63, 3.8) is 0 Å². The van der Waals surface area contributed by atoms with Crippen LogP contribution in [0.15, 0.2) is 4.52 Å². The van der Waals surface area contributed by atoms with Crippen LogP contribution >= 0.6 is 34.8 Å². The molecule has 6 heteroatoms. The molecule has 1 rings (SSSR count). The first kappa shape index (κ1) is 8.11. The molecule has 0 aliphatic carbocycles. The molecular weight excluding hydrogens is 198 g/mol. The second-order valence-electron chi connectivity index (χ2n) is 1.48. The molecule has 0 spiro atoms. The highest BCUT2D eigenvalue weighted by Crippen LogP contribution is 2.21. The van der Waals surface area contributed by atoms with E-state index in [0.717, 1.165) is 0 Å². The molecule has 3 nitrogen and oxygen atoms in total. The Labute approximate surface area is 72.3 Å². The lowest BCUT2D eigenvalue weighted by atomic mass is 10.7. The Bertz CT molecular complexity index is 212. The fourth-order valence-corrected chi connectivity index (χ4v) is 0.697. The van der Waals surface area contributed by atoms with Crippen molar-refractivity contribution in [2.45, 2.75) is 10.7 Å². The van der Waals surface area contributed by atoms with Gasteiger partial charge < -0.3 is 4.52 Å². The largest absolute Gasteiger partial charge is 0.338 e. The molecule has 0 saturated heterocycles. The van der Waals surface area contributed by atoms with Crippen LogP contribution in [0.25, 0.3) is 0 Å². The zero-order valence-corrected chi connectivity index (χ0v) is 6.99. The van der Waals surface area contributed by atoms with Crippen molar-refractivity contribution in [3.8, 4) is 0 Å². The van der Waals surface area contributed by atoms with Gasteiger partial charge in [0.1, 0.15) is 5.88 Å². The molecule has 0 radical (unpaired) electrons. The highest BCUT2D eigenvalue weighted by Gasteiger charge is 2.11. The highest BCUT2D eigenvalue weighted by molar-refractivity contribution is 6.43. The van der Waals surface area contributed by atoms with Gasteiger partial charge in [-0.15, -0.1) is 11.6 Å². The molecule has 1 heterocycles. The van der Waals surface area contributed by atoms with Crippen molar-refractivity contribution in [1.82, 2.24) is 10.1 Å². The normalized spacial score (nSPS) is 10.8. The maximum atomic E-state index is 5.41. The fourth-order valence-electron chi connectivity index (χ4n) is 0.411. The van der Waals surface area contributed by atoms with Crippen molar-refractivity contribution in [2.24, 2.45) is 0 Å². The molecule has 0 bridgehead atoms. The number of rotatable bonds is 2. The van der Waals surface area contributed by atoms with Gasteiger partial charge in [-0.05, 0) is 0 Å². The predicted molar refractivity (Wildman–Crippen MR) is 38.3 cm³/mol. The standard InChI is InChI=1S/C4H3Cl3N2O/c5-1-2-8-4(3(6)7)9-10-2/h3H,1H2. The van der Waals surface area contributed by atoms with E-state index < -0.39 is 4.84 Å². The summed E-state index contributed by atoms with van der Waals surface area (Å²) >= 11 is 16.2. The van der Waals surface area contributed by atoms with Gasteiger partial charge >= 0.3 is 0 Å². The van der Waals surface area contributed by atoms with Gasteiger partial charge in [-0.25, -0.2) is 0 Å². The number of hydrogen-bond donors (Lipinski definition) is 0. The quantitative estimate of drug-likeness (QED) is 0.689. The third-order valence-corrected chi connectivity index (χ3v) is 1.41. The second-order valence-corrected chi connectivity index (χ2v) is 2.84. The smallest absolute Gasteiger partial charge is 0.241 e. The van der Waals surface area contributed by atoms with E-state index in [-0.39, 0.29) is 11.7 Å². The molecule has 56 valence electrons. The third kappa shape index (κ3) is 1.75. The fraction of sp³-hybridized carbons (Fsp3) is 0.500. The van der Waals surface area contributed by atoms with Gasteiger partial charge in [-0.3, -0.25) is 0 Å². The molecule has 0 aliphatic rings. The minimum absolute atomic E-state index is 0.174. The second kappa shape index (κ2) is 3.42. The topological polar surface area (TPSA) is 38.9 Å². The zero-order valence-electron chi connectivity index (χ0n) is 4.72. The number of hydrogen-bond acceptors (Lipinski definition) is 3. The van der Waals surface area contributed by atoms with E-state index in [1.54, 1.807) is 0 Å². The zero-order chi connectivity index (χ0) is 7.56. The van der Waals surface area contributed by atoms with Crippen LogP contribution in [0.2, 0.25) is 0 Å². The molecule has 0 aromatic carbocycles. The molecule has 0 atom stereocenters. The van der Waals surface area contributed by atoms with E-state index in [2.05, 4.69) is 14.7 Å². The third-order valence-electron chi connectivity index (χ3n) is 0.793. The molecule has 0 fully saturated rings. The first-order chi connectivity index (χ1) is 4.74. The molecular formula is C4H3Cl3N2O. The van der Waals surface area contributed by atoms with E-state index in [1.807, 2.05) is 0 Å². The minimum atomic E-state index is -0.749. The summed E-state index contributed by atoms with van der Waals surface area (Å²) in [6, 6.07) is 0. The van der Waals surface area contributed by atoms with Crippen LogP contribution in [0.1, 0.15) is 16.6 Å². The van der Waals surface area contributed by atoms with Crippen molar-refractivity contribution in [1.29, 1.82) is 0 Å². The number of aromatic nitrogens is 2. The van der Waals surface area contributed by atoms with Gasteiger partial charge in [0.2, 0.25) is 11.7 Å². The van der Waals surface area contributed by atoms with Crippen LogP contribution in [0, 0.1) is 0 Å². The maximum Gasteiger partial charge on any atom is 0.241 e. The van der Waals surface area contributed by atoms with Crippen molar-refractivity contribution < 1.29 is 4.52 Å². The Morgan fingerprint density at radius 2 is 2.20 bits per heavy atom. The van der Waals surface area contributed by atoms with Crippen molar-refractivity contribution >= 4 is 34.8 Å². The van der Waals surface area contributed by atoms with Crippen molar-refractivity contribution in [3.05, 3.63) is 11.7 Å². The van der Waals surface area contributed by atoms with Gasteiger partial charge in [0.25, 0.3) is 0 Å². The monoisotopic (exact) mass is 200 g/mol. The van der Waals surface area contributed by atoms with Gasteiger partial charge in [-0.1, -0.05) is 28.4 Å². The first-order valence-corrected chi connectivity index (χ1v) is 3.81. The lowest BCUT2D eigenvalue weighted by molar-refractivity contribution is 0.385. The number of nitrogens with zero attached hydrogens (tertiary/aromatic N) is 2. The van der Waals surface area contributed by atoms with Crippen LogP contribution in [0.4, 0.5) is 0 Å². The number of halogens is 3. The molecule has 10 heavy (non-hydrogen) atoms. The summed E-state index contributed by atoms with van der Waals surface area (Å²) in [6.07, 6.45) is 0. The van der Waals surface area contributed by atoms with Gasteiger partial charge in [0.15, 0.2) is 4.84 Å². The minimum Gasteiger partial charge on any atom is -0.338 e. The van der Waals surface area contributed by atoms with E-state index in [4.69, 9.17) is 34.8 Å². The van der Waals surface area contributed by atoms with Gasteiger partial charge in [0, 0.05) is 0 Å². The maximum absolute atomic E-state index is 5.41. The molecule has 1 aromatic heterocycles. The Morgan fingerprint density at radius 3 is 2.50 bits per heavy atom. The summed E-state index contributed by atoms with van der Waals surface area (Å²) in [7, 11) is 0. The summed E-state index contributed by atoms with van der Waals surface area (Å²) in [5, 5.41) is 3.45. The lowest BCUT2D eigenvalue weighted by Gasteiger charge is -1.86. The van der Waals surface area contributed by atoms with Crippen LogP contribution in [0.3, 0.4) is 0 Å². The van der Waals surface area contributed by atoms with E-state index in [1.165, 1.54) is 0 Å². The van der Waals surface area contributed by atoms with Gasteiger partial charge in [-0.2, -0.15) is 4.98 Å². The summed E-state index contributed by atoms with van der Waals surface area (Å²) in [6.45, 7) is 0. The lowest BCUT2D eigenvalue weighted by Crippen LogP contribution is -1.84. The number of alkyl halides is 3. The van der Waals surface area contributed by atoms with Crippen LogP contribution in [-0.2, 0) is 5.88 Å². The predicted octanol–water partition coefficient (Wildman–Crippen LogP) is 2.28. The summed E-state index contributed by atoms with van der Waals surface area (Å²) in [4.78, 5) is 3.01. The first-order valence-electron chi connectivity index (χ1n) is 2.40. The summed E-state index contributed by atoms with van der Waals surface area (Å²) in [5.74, 6) is 0.745. The van der Waals surface area contributed by atoms with Gasteiger partial charge in [0.05, 0.1) is 0 Å². The Morgan fingerprint density at radius 1 is 1.50 bits per heavy atom. The summed E-state index contributed by atoms with van der Waals surface area (Å²) in [5.41, 5.74) is 0. The van der Waals surface area contributed by atoms with Crippen LogP contribution in [0.5, 0.6) is 0 Å². The summed E-state index contributed by atoms with van der Waals surface area (Å²) < 4.78 is 4.61. The van der Waals surface area contributed by atoms with Crippen molar-refractivity contribution in [2.75, 3.05) is 0 Å². The van der Waals surface area contributed by atoms with E-state index >= 15 is 0 Å². The average molecular weight is 201 g/mol. The molecule has 0 aliphatic heterocycles. The molecule has 0 unspecified atom stereocenters. The molecule has 0 saturated carbocycles. The van der Waals surface area contributed by atoms with E-state index in [9.17, 15) is 0 Å². The highest BCUT2D eigenvalue weighted by atomic mass is 35.5. The van der Waals surface area contributed by atoms with E-state index in [0.29, 0.717) is 5.89 Å². The van der Waals surface area contributed by atoms with Crippen LogP contribution in [-0.4, -0.2) is 10.1 Å². The Kier molecular flexibility index (Phi) is 2.77. The molecule has 0 amide bonds. The molecule has 1 aromatic rings.